The van der Waals surface area contributed by atoms with Crippen LogP contribution in [0.15, 0.2) is 48.5 Å². The topological polar surface area (TPSA) is 107 Å². The second-order valence-electron chi connectivity index (χ2n) is 12.3. The summed E-state index contributed by atoms with van der Waals surface area (Å²) in [4.78, 5) is 36.1. The van der Waals surface area contributed by atoms with E-state index in [1.54, 1.807) is 18.3 Å². The van der Waals surface area contributed by atoms with E-state index >= 15 is 0 Å². The Bertz CT molecular complexity index is 1940. The zero-order valence-electron chi connectivity index (χ0n) is 26.1. The number of fused-ring (bicyclic) bond motifs is 2. The summed E-state index contributed by atoms with van der Waals surface area (Å²) >= 11 is 7.83. The fourth-order valence-electron chi connectivity index (χ4n) is 5.95. The molecule has 0 spiro atoms. The molecule has 1 saturated heterocycles. The van der Waals surface area contributed by atoms with Crippen molar-refractivity contribution in [3.05, 3.63) is 70.5 Å². The monoisotopic (exact) mass is 646 g/mol. The van der Waals surface area contributed by atoms with E-state index < -0.39 is 23.8 Å². The summed E-state index contributed by atoms with van der Waals surface area (Å²) < 4.78 is 15.0. The Balaban J connectivity index is 1.53. The molecule has 11 heteroatoms. The van der Waals surface area contributed by atoms with Gasteiger partial charge in [0, 0.05) is 34.8 Å². The number of benzene rings is 3. The molecule has 1 aliphatic rings. The number of aromatic nitrogens is 3. The molecule has 1 aliphatic heterocycles. The van der Waals surface area contributed by atoms with Crippen LogP contribution in [0, 0.1) is 13.8 Å². The van der Waals surface area contributed by atoms with Crippen molar-refractivity contribution >= 4 is 56.3 Å². The number of nitrogens with zero attached hydrogens (tertiary/aromatic N) is 4. The van der Waals surface area contributed by atoms with Crippen molar-refractivity contribution in [1.29, 1.82) is 0 Å². The minimum Gasteiger partial charge on any atom is -0.465 e. The van der Waals surface area contributed by atoms with Gasteiger partial charge in [-0.05, 0) is 89.1 Å². The number of likely N-dealkylation sites (tertiary alicyclic amines) is 1. The third-order valence-corrected chi connectivity index (χ3v) is 9.30. The standard InChI is InChI=1S/C34H35ClN4O5S/c1-7-43-32(40)29(44-34(4,5)6)27-18(2)14-25-30(28(27)20-8-11-22(35)12-9-20)45-31(37-25)21-10-13-24-26(15-21)39(19(3)36-24)23-16-38(17-23)33(41)42/h8-15,23,29H,7,16-17H2,1-6H3,(H,41,42). The van der Waals surface area contributed by atoms with Gasteiger partial charge in [0.15, 0.2) is 6.10 Å². The highest BCUT2D eigenvalue weighted by atomic mass is 35.5. The molecule has 0 saturated carbocycles. The Morgan fingerprint density at radius 1 is 1.04 bits per heavy atom. The molecule has 0 aliphatic carbocycles. The molecule has 3 heterocycles. The SMILES string of the molecule is CCOC(=O)C(OC(C)(C)C)c1c(C)cc2nc(-c3ccc4nc(C)n(C5CN(C(=O)O)C5)c4c3)sc2c1-c1ccc(Cl)cc1. The third-order valence-electron chi connectivity index (χ3n) is 7.91. The Morgan fingerprint density at radius 2 is 1.73 bits per heavy atom. The number of aryl methyl sites for hydroxylation is 2. The van der Waals surface area contributed by atoms with Crippen molar-refractivity contribution in [2.24, 2.45) is 0 Å². The maximum atomic E-state index is 13.5. The lowest BCUT2D eigenvalue weighted by Gasteiger charge is -2.38. The molecule has 45 heavy (non-hydrogen) atoms. The van der Waals surface area contributed by atoms with Crippen molar-refractivity contribution in [1.82, 2.24) is 19.4 Å². The van der Waals surface area contributed by atoms with E-state index in [0.29, 0.717) is 18.1 Å². The van der Waals surface area contributed by atoms with E-state index in [2.05, 4.69) is 10.6 Å². The predicted octanol–water partition coefficient (Wildman–Crippen LogP) is 8.20. The summed E-state index contributed by atoms with van der Waals surface area (Å²) in [6, 6.07) is 15.7. The number of thiazole rings is 1. The number of carbonyl (C=O) groups is 2. The van der Waals surface area contributed by atoms with E-state index in [1.807, 2.05) is 77.1 Å². The number of imidazole rings is 1. The van der Waals surface area contributed by atoms with E-state index in [9.17, 15) is 14.7 Å². The van der Waals surface area contributed by atoms with Gasteiger partial charge in [0.2, 0.25) is 0 Å². The van der Waals surface area contributed by atoms with Crippen LogP contribution in [-0.2, 0) is 14.3 Å². The number of hydrogen-bond acceptors (Lipinski definition) is 7. The summed E-state index contributed by atoms with van der Waals surface area (Å²) in [6.45, 7) is 12.6. The van der Waals surface area contributed by atoms with Gasteiger partial charge in [0.25, 0.3) is 0 Å². The summed E-state index contributed by atoms with van der Waals surface area (Å²) in [5.74, 6) is 0.400. The fourth-order valence-corrected chi connectivity index (χ4v) is 7.20. The lowest BCUT2D eigenvalue weighted by atomic mass is 9.91. The number of esters is 1. The van der Waals surface area contributed by atoms with Crippen LogP contribution in [0.5, 0.6) is 0 Å². The smallest absolute Gasteiger partial charge is 0.407 e. The third kappa shape index (κ3) is 5.90. The lowest BCUT2D eigenvalue weighted by Crippen LogP contribution is -2.50. The molecule has 2 aromatic heterocycles. The van der Waals surface area contributed by atoms with Gasteiger partial charge in [-0.2, -0.15) is 0 Å². The Kier molecular flexibility index (Phi) is 8.09. The minimum absolute atomic E-state index is 0.0288. The molecule has 5 aromatic rings. The summed E-state index contributed by atoms with van der Waals surface area (Å²) in [7, 11) is 0. The quantitative estimate of drug-likeness (QED) is 0.178. The van der Waals surface area contributed by atoms with Crippen LogP contribution in [0.4, 0.5) is 4.79 Å². The van der Waals surface area contributed by atoms with Gasteiger partial charge in [0.1, 0.15) is 10.8 Å². The zero-order valence-corrected chi connectivity index (χ0v) is 27.6. The largest absolute Gasteiger partial charge is 0.465 e. The molecule has 1 unspecified atom stereocenters. The molecular formula is C34H35ClN4O5S. The summed E-state index contributed by atoms with van der Waals surface area (Å²) in [5, 5.41) is 10.8. The van der Waals surface area contributed by atoms with Crippen LogP contribution in [0.25, 0.3) is 42.9 Å². The minimum atomic E-state index is -0.952. The van der Waals surface area contributed by atoms with Gasteiger partial charge in [-0.3, -0.25) is 0 Å². The average molecular weight is 647 g/mol. The maximum absolute atomic E-state index is 13.5. The van der Waals surface area contributed by atoms with Crippen LogP contribution < -0.4 is 0 Å². The number of hydrogen-bond donors (Lipinski definition) is 1. The zero-order chi connectivity index (χ0) is 32.2. The van der Waals surface area contributed by atoms with E-state index in [4.69, 9.17) is 31.0 Å². The van der Waals surface area contributed by atoms with Crippen LogP contribution in [0.1, 0.15) is 56.8 Å². The molecule has 234 valence electrons. The van der Waals surface area contributed by atoms with Gasteiger partial charge >= 0.3 is 12.1 Å². The number of amides is 1. The second-order valence-corrected chi connectivity index (χ2v) is 13.7. The number of carboxylic acid groups (broad SMARTS) is 1. The van der Waals surface area contributed by atoms with Crippen LogP contribution in [0.2, 0.25) is 5.02 Å². The Hall–Kier alpha value is -3.99. The average Bonchev–Trinajstić information content (AvgIpc) is 3.50. The molecule has 6 rings (SSSR count). The molecular weight excluding hydrogens is 612 g/mol. The highest BCUT2D eigenvalue weighted by Crippen LogP contribution is 2.45. The second kappa shape index (κ2) is 11.7. The molecule has 0 bridgehead atoms. The van der Waals surface area contributed by atoms with Crippen LogP contribution in [-0.4, -0.2) is 61.9 Å². The van der Waals surface area contributed by atoms with Crippen molar-refractivity contribution in [2.45, 2.75) is 59.3 Å². The van der Waals surface area contributed by atoms with Crippen molar-refractivity contribution in [3.63, 3.8) is 0 Å². The number of rotatable bonds is 7. The molecule has 0 radical (unpaired) electrons. The van der Waals surface area contributed by atoms with E-state index in [0.717, 1.165) is 59.9 Å². The van der Waals surface area contributed by atoms with Crippen molar-refractivity contribution in [3.8, 4) is 21.7 Å². The molecule has 9 nitrogen and oxygen atoms in total. The Labute approximate surface area is 270 Å². The van der Waals surface area contributed by atoms with E-state index in [1.165, 1.54) is 4.90 Å². The van der Waals surface area contributed by atoms with Gasteiger partial charge in [-0.1, -0.05) is 23.7 Å². The van der Waals surface area contributed by atoms with Crippen molar-refractivity contribution < 1.29 is 24.2 Å². The first kappa shape index (κ1) is 31.0. The number of ether oxygens (including phenoxy) is 2. The molecule has 1 N–H and O–H groups in total. The Morgan fingerprint density at radius 3 is 2.38 bits per heavy atom. The van der Waals surface area contributed by atoms with Gasteiger partial charge in [-0.15, -0.1) is 11.3 Å². The highest BCUT2D eigenvalue weighted by molar-refractivity contribution is 7.22. The lowest BCUT2D eigenvalue weighted by molar-refractivity contribution is -0.166. The molecule has 1 amide bonds. The summed E-state index contributed by atoms with van der Waals surface area (Å²) in [5.41, 5.74) is 6.26. The summed E-state index contributed by atoms with van der Waals surface area (Å²) in [6.07, 6.45) is -1.86. The number of halogens is 1. The normalized spacial score (nSPS) is 14.6. The first-order valence-corrected chi connectivity index (χ1v) is 16.0. The van der Waals surface area contributed by atoms with Gasteiger partial charge in [0.05, 0.1) is 39.5 Å². The number of carbonyl (C=O) groups excluding carboxylic acids is 1. The van der Waals surface area contributed by atoms with Crippen LogP contribution >= 0.6 is 22.9 Å². The van der Waals surface area contributed by atoms with Gasteiger partial charge < -0.3 is 24.0 Å². The molecule has 1 atom stereocenters. The first-order chi connectivity index (χ1) is 21.3. The molecule has 3 aromatic carbocycles. The van der Waals surface area contributed by atoms with E-state index in [-0.39, 0.29) is 12.6 Å². The predicted molar refractivity (Wildman–Crippen MR) is 177 cm³/mol. The highest BCUT2D eigenvalue weighted by Gasteiger charge is 2.35. The van der Waals surface area contributed by atoms with Gasteiger partial charge in [-0.25, -0.2) is 19.6 Å². The molecule has 1 fully saturated rings. The van der Waals surface area contributed by atoms with Crippen LogP contribution in [0.3, 0.4) is 0 Å². The maximum Gasteiger partial charge on any atom is 0.407 e. The fraction of sp³-hybridized carbons (Fsp3) is 0.353. The first-order valence-electron chi connectivity index (χ1n) is 14.9. The van der Waals surface area contributed by atoms with Crippen molar-refractivity contribution in [2.75, 3.05) is 19.7 Å².